The molecule has 72 valence electrons. The maximum Gasteiger partial charge on any atom is 0.0408 e. The summed E-state index contributed by atoms with van der Waals surface area (Å²) in [7, 11) is 4.16. The minimum Gasteiger partial charge on any atom is -0.323 e. The summed E-state index contributed by atoms with van der Waals surface area (Å²) in [6, 6.07) is 0.0579. The molecule has 1 atom stereocenters. The van der Waals surface area contributed by atoms with E-state index in [0.29, 0.717) is 0 Å². The van der Waals surface area contributed by atoms with Crippen LogP contribution in [0.1, 0.15) is 26.7 Å². The minimum absolute atomic E-state index is 0.0579. The normalized spacial score (nSPS) is 14.8. The lowest BCUT2D eigenvalue weighted by molar-refractivity contribution is 0.123. The summed E-state index contributed by atoms with van der Waals surface area (Å²) in [5.74, 6) is 0. The second-order valence-electron chi connectivity index (χ2n) is 3.47. The highest BCUT2D eigenvalue weighted by atomic mass is 15.2. The molecule has 0 spiro atoms. The number of hydrogen-bond donors (Lipinski definition) is 1. The molecule has 0 amide bonds. The Morgan fingerprint density at radius 1 is 1.42 bits per heavy atom. The van der Waals surface area contributed by atoms with E-state index in [-0.39, 0.29) is 11.6 Å². The highest BCUT2D eigenvalue weighted by Gasteiger charge is 2.33. The highest BCUT2D eigenvalue weighted by Crippen LogP contribution is 2.24. The Kier molecular flexibility index (Phi) is 4.50. The lowest BCUT2D eigenvalue weighted by atomic mass is 9.84. The Hall–Kier alpha value is -0.340. The van der Waals surface area contributed by atoms with Gasteiger partial charge in [-0.3, -0.25) is 0 Å². The van der Waals surface area contributed by atoms with Gasteiger partial charge in [0.2, 0.25) is 0 Å². The summed E-state index contributed by atoms with van der Waals surface area (Å²) in [5, 5.41) is 0. The van der Waals surface area contributed by atoms with Gasteiger partial charge in [-0.15, -0.1) is 6.58 Å². The molecule has 0 saturated heterocycles. The first-order chi connectivity index (χ1) is 5.55. The van der Waals surface area contributed by atoms with Crippen LogP contribution in [0.4, 0.5) is 0 Å². The Morgan fingerprint density at radius 2 is 1.83 bits per heavy atom. The lowest BCUT2D eigenvalue weighted by Gasteiger charge is -2.42. The summed E-state index contributed by atoms with van der Waals surface area (Å²) in [6.45, 7) is 8.10. The Labute approximate surface area is 76.4 Å². The number of nitrogens with two attached hydrogens (primary N) is 1. The summed E-state index contributed by atoms with van der Waals surface area (Å²) >= 11 is 0. The molecular weight excluding hydrogens is 148 g/mol. The van der Waals surface area contributed by atoms with Crippen molar-refractivity contribution in [2.75, 3.05) is 14.1 Å². The first kappa shape index (κ1) is 11.7. The van der Waals surface area contributed by atoms with Crippen LogP contribution in [0.2, 0.25) is 0 Å². The highest BCUT2D eigenvalue weighted by molar-refractivity contribution is 5.03. The number of rotatable bonds is 5. The molecule has 1 unspecified atom stereocenters. The van der Waals surface area contributed by atoms with Crippen LogP contribution in [0.15, 0.2) is 12.7 Å². The van der Waals surface area contributed by atoms with Gasteiger partial charge in [-0.1, -0.05) is 19.9 Å². The zero-order valence-electron chi connectivity index (χ0n) is 8.80. The van der Waals surface area contributed by atoms with Crippen molar-refractivity contribution >= 4 is 0 Å². The molecule has 2 heteroatoms. The van der Waals surface area contributed by atoms with Crippen molar-refractivity contribution in [1.82, 2.24) is 4.90 Å². The second-order valence-corrected chi connectivity index (χ2v) is 3.47. The monoisotopic (exact) mass is 170 g/mol. The van der Waals surface area contributed by atoms with Crippen LogP contribution in [0.5, 0.6) is 0 Å². The van der Waals surface area contributed by atoms with Crippen LogP contribution in [0.3, 0.4) is 0 Å². The molecule has 0 aromatic carbocycles. The van der Waals surface area contributed by atoms with Gasteiger partial charge >= 0.3 is 0 Å². The van der Waals surface area contributed by atoms with Crippen LogP contribution < -0.4 is 5.73 Å². The third-order valence-electron chi connectivity index (χ3n) is 2.99. The summed E-state index contributed by atoms with van der Waals surface area (Å²) < 4.78 is 0. The van der Waals surface area contributed by atoms with E-state index in [1.54, 1.807) is 0 Å². The van der Waals surface area contributed by atoms with Crippen LogP contribution in [0.25, 0.3) is 0 Å². The first-order valence-electron chi connectivity index (χ1n) is 4.60. The van der Waals surface area contributed by atoms with E-state index in [9.17, 15) is 0 Å². The van der Waals surface area contributed by atoms with E-state index < -0.39 is 0 Å². The van der Waals surface area contributed by atoms with Crippen molar-refractivity contribution in [2.45, 2.75) is 38.3 Å². The number of nitrogens with zero attached hydrogens (tertiary/aromatic N) is 1. The van der Waals surface area contributed by atoms with Gasteiger partial charge in [-0.05, 0) is 26.9 Å². The fourth-order valence-electron chi connectivity index (χ4n) is 1.87. The van der Waals surface area contributed by atoms with E-state index in [1.807, 2.05) is 6.08 Å². The van der Waals surface area contributed by atoms with Gasteiger partial charge in [0.25, 0.3) is 0 Å². The third kappa shape index (κ3) is 1.87. The van der Waals surface area contributed by atoms with Crippen LogP contribution in [-0.4, -0.2) is 30.6 Å². The molecule has 0 rings (SSSR count). The van der Waals surface area contributed by atoms with Crippen LogP contribution in [0, 0.1) is 0 Å². The van der Waals surface area contributed by atoms with E-state index in [0.717, 1.165) is 12.8 Å². The minimum atomic E-state index is 0.0579. The number of hydrogen-bond acceptors (Lipinski definition) is 2. The zero-order chi connectivity index (χ0) is 9.78. The molecule has 0 aliphatic carbocycles. The molecule has 0 aromatic heterocycles. The lowest BCUT2D eigenvalue weighted by Crippen LogP contribution is -2.55. The summed E-state index contributed by atoms with van der Waals surface area (Å²) in [6.07, 6.45) is 3.96. The Morgan fingerprint density at radius 3 is 1.92 bits per heavy atom. The van der Waals surface area contributed by atoms with Crippen molar-refractivity contribution in [2.24, 2.45) is 5.73 Å². The van der Waals surface area contributed by atoms with Gasteiger partial charge in [0.1, 0.15) is 0 Å². The van der Waals surface area contributed by atoms with Gasteiger partial charge in [-0.25, -0.2) is 0 Å². The largest absolute Gasteiger partial charge is 0.323 e. The summed E-state index contributed by atoms with van der Waals surface area (Å²) in [4.78, 5) is 2.21. The van der Waals surface area contributed by atoms with E-state index in [2.05, 4.69) is 39.4 Å². The van der Waals surface area contributed by atoms with Crippen molar-refractivity contribution in [3.63, 3.8) is 0 Å². The van der Waals surface area contributed by atoms with Crippen molar-refractivity contribution in [3.8, 4) is 0 Å². The van der Waals surface area contributed by atoms with Gasteiger partial charge in [0, 0.05) is 11.6 Å². The zero-order valence-corrected chi connectivity index (χ0v) is 8.80. The predicted octanol–water partition coefficient (Wildman–Crippen LogP) is 1.62. The maximum atomic E-state index is 6.01. The molecule has 0 heterocycles. The molecule has 2 nitrogen and oxygen atoms in total. The molecule has 0 aliphatic rings. The first-order valence-corrected chi connectivity index (χ1v) is 4.60. The molecule has 2 N–H and O–H groups in total. The molecule has 0 fully saturated rings. The quantitative estimate of drug-likeness (QED) is 0.635. The maximum absolute atomic E-state index is 6.01. The van der Waals surface area contributed by atoms with Crippen molar-refractivity contribution in [1.29, 1.82) is 0 Å². The van der Waals surface area contributed by atoms with Gasteiger partial charge in [0.05, 0.1) is 0 Å². The standard InChI is InChI=1S/C10H22N2/c1-6-9(11)10(7-2,8-3)12(4)5/h6,9H,1,7-8,11H2,2-5H3. The van der Waals surface area contributed by atoms with E-state index in [4.69, 9.17) is 5.73 Å². The Bertz CT molecular complexity index is 137. The average molecular weight is 170 g/mol. The Balaban J connectivity index is 4.67. The molecule has 0 bridgehead atoms. The van der Waals surface area contributed by atoms with Crippen molar-refractivity contribution < 1.29 is 0 Å². The van der Waals surface area contributed by atoms with Crippen LogP contribution in [-0.2, 0) is 0 Å². The molecule has 0 aliphatic heterocycles. The van der Waals surface area contributed by atoms with E-state index in [1.165, 1.54) is 0 Å². The fourth-order valence-corrected chi connectivity index (χ4v) is 1.87. The predicted molar refractivity (Wildman–Crippen MR) is 55.2 cm³/mol. The van der Waals surface area contributed by atoms with Gasteiger partial charge < -0.3 is 10.6 Å². The van der Waals surface area contributed by atoms with Crippen LogP contribution >= 0.6 is 0 Å². The second kappa shape index (κ2) is 4.63. The molecule has 0 aromatic rings. The number of likely N-dealkylation sites (N-methyl/N-ethyl adjacent to an activating group) is 1. The molecule has 12 heavy (non-hydrogen) atoms. The molecule has 0 radical (unpaired) electrons. The molecular formula is C10H22N2. The van der Waals surface area contributed by atoms with Gasteiger partial charge in [0.15, 0.2) is 0 Å². The summed E-state index contributed by atoms with van der Waals surface area (Å²) in [5.41, 5.74) is 6.10. The fraction of sp³-hybridized carbons (Fsp3) is 0.800. The smallest absolute Gasteiger partial charge is 0.0408 e. The SMILES string of the molecule is C=CC(N)C(CC)(CC)N(C)C. The third-order valence-corrected chi connectivity index (χ3v) is 2.99. The van der Waals surface area contributed by atoms with E-state index >= 15 is 0 Å². The van der Waals surface area contributed by atoms with Gasteiger partial charge in [-0.2, -0.15) is 0 Å². The molecule has 0 saturated carbocycles. The topological polar surface area (TPSA) is 29.3 Å². The van der Waals surface area contributed by atoms with Crippen molar-refractivity contribution in [3.05, 3.63) is 12.7 Å². The average Bonchev–Trinajstić information content (AvgIpc) is 2.06.